The summed E-state index contributed by atoms with van der Waals surface area (Å²) in [6, 6.07) is 0. The lowest BCUT2D eigenvalue weighted by molar-refractivity contribution is 0.00738. The zero-order chi connectivity index (χ0) is 22.0. The summed E-state index contributed by atoms with van der Waals surface area (Å²) in [7, 11) is 0. The van der Waals surface area contributed by atoms with E-state index < -0.39 is 0 Å². The highest BCUT2D eigenvalue weighted by Crippen LogP contribution is 1.94. The summed E-state index contributed by atoms with van der Waals surface area (Å²) in [6.07, 6.45) is 4.50. The topological polar surface area (TPSA) is 78.9 Å². The van der Waals surface area contributed by atoms with Crippen molar-refractivity contribution in [3.63, 3.8) is 0 Å². The molecule has 182 valence electrons. The molecule has 0 radical (unpaired) electrons. The molecule has 1 N–H and O–H groups in total. The average Bonchev–Trinajstić information content (AvgIpc) is 2.76. The molecule has 0 saturated heterocycles. The van der Waals surface area contributed by atoms with E-state index >= 15 is 0 Å². The van der Waals surface area contributed by atoms with Crippen molar-refractivity contribution in [2.24, 2.45) is 0 Å². The van der Waals surface area contributed by atoms with E-state index in [4.69, 9.17) is 33.5 Å². The smallest absolute Gasteiger partial charge is 0.0701 e. The molecular weight excluding hydrogens is 390 g/mol. The van der Waals surface area contributed by atoms with E-state index in [0.29, 0.717) is 66.1 Å². The van der Waals surface area contributed by atoms with Crippen molar-refractivity contribution < 1.29 is 33.5 Å². The summed E-state index contributed by atoms with van der Waals surface area (Å²) >= 11 is 0. The Labute approximate surface area is 184 Å². The van der Waals surface area contributed by atoms with Crippen LogP contribution in [0.3, 0.4) is 0 Å². The van der Waals surface area contributed by atoms with Crippen LogP contribution in [-0.2, 0) is 28.4 Å². The molecule has 0 amide bonds. The zero-order valence-electron chi connectivity index (χ0n) is 19.5. The van der Waals surface area contributed by atoms with Crippen LogP contribution < -0.4 is 0 Å². The monoisotopic (exact) mass is 437 g/mol. The summed E-state index contributed by atoms with van der Waals surface area (Å²) < 4.78 is 33.2. The van der Waals surface area contributed by atoms with Crippen molar-refractivity contribution in [1.82, 2.24) is 4.90 Å². The van der Waals surface area contributed by atoms with Crippen LogP contribution in [0.4, 0.5) is 0 Å². The van der Waals surface area contributed by atoms with Gasteiger partial charge in [0, 0.05) is 32.8 Å². The normalized spacial score (nSPS) is 11.6. The van der Waals surface area contributed by atoms with Crippen molar-refractivity contribution >= 4 is 0 Å². The molecule has 0 unspecified atom stereocenters. The second kappa shape index (κ2) is 26.7. The predicted molar refractivity (Wildman–Crippen MR) is 118 cm³/mol. The lowest BCUT2D eigenvalue weighted by Gasteiger charge is -2.22. The Hall–Kier alpha value is -0.320. The molecule has 0 aliphatic carbocycles. The van der Waals surface area contributed by atoms with E-state index in [-0.39, 0.29) is 6.61 Å². The average molecular weight is 438 g/mol. The van der Waals surface area contributed by atoms with Gasteiger partial charge in [-0.05, 0) is 12.8 Å². The van der Waals surface area contributed by atoms with E-state index in [1.54, 1.807) is 0 Å². The number of unbranched alkanes of at least 4 members (excludes halogenated alkanes) is 2. The van der Waals surface area contributed by atoms with Crippen molar-refractivity contribution in [2.45, 2.75) is 39.5 Å². The molecule has 0 aliphatic heterocycles. The molecule has 8 heteroatoms. The molecule has 0 atom stereocenters. The van der Waals surface area contributed by atoms with Gasteiger partial charge in [0.1, 0.15) is 0 Å². The van der Waals surface area contributed by atoms with Crippen molar-refractivity contribution in [3.05, 3.63) is 0 Å². The molecule has 0 rings (SSSR count). The maximum atomic E-state index is 8.68. The largest absolute Gasteiger partial charge is 0.394 e. The number of hydrogen-bond acceptors (Lipinski definition) is 8. The van der Waals surface area contributed by atoms with Gasteiger partial charge in [-0.1, -0.05) is 26.7 Å². The minimum atomic E-state index is 0.0427. The summed E-state index contributed by atoms with van der Waals surface area (Å²) in [4.78, 5) is 2.28. The van der Waals surface area contributed by atoms with Gasteiger partial charge >= 0.3 is 0 Å². The molecule has 0 fully saturated rings. The standard InChI is InChI=1S/C22H47NO7/c1-3-5-11-25-17-19-27-13-7-23(9-15-29-21-22-30-16-10-24)8-14-28-20-18-26-12-6-4-2/h24H,3-22H2,1-2H3. The Balaban J connectivity index is 3.81. The van der Waals surface area contributed by atoms with Gasteiger partial charge in [-0.3, -0.25) is 4.90 Å². The summed E-state index contributed by atoms with van der Waals surface area (Å²) in [5.74, 6) is 0. The first kappa shape index (κ1) is 29.7. The second-order valence-electron chi connectivity index (χ2n) is 6.95. The predicted octanol–water partition coefficient (Wildman–Crippen LogP) is 1.98. The Morgan fingerprint density at radius 3 is 1.13 bits per heavy atom. The molecule has 0 aromatic rings. The molecule has 0 saturated carbocycles. The third-order valence-corrected chi connectivity index (χ3v) is 4.29. The molecule has 0 aromatic carbocycles. The number of ether oxygens (including phenoxy) is 6. The lowest BCUT2D eigenvalue weighted by atomic mass is 10.4. The van der Waals surface area contributed by atoms with Crippen LogP contribution in [0.1, 0.15) is 39.5 Å². The quantitative estimate of drug-likeness (QED) is 0.206. The van der Waals surface area contributed by atoms with Crippen LogP contribution in [0.25, 0.3) is 0 Å². The Morgan fingerprint density at radius 2 is 0.800 bits per heavy atom. The van der Waals surface area contributed by atoms with Crippen LogP contribution in [0.2, 0.25) is 0 Å². The summed E-state index contributed by atoms with van der Waals surface area (Å²) in [6.45, 7) is 14.3. The number of rotatable bonds is 26. The van der Waals surface area contributed by atoms with Crippen molar-refractivity contribution in [2.75, 3.05) is 106 Å². The minimum Gasteiger partial charge on any atom is -0.394 e. The number of aliphatic hydroxyl groups excluding tert-OH is 1. The fourth-order valence-electron chi connectivity index (χ4n) is 2.44. The van der Waals surface area contributed by atoms with Crippen LogP contribution in [0, 0.1) is 0 Å². The molecule has 0 aliphatic rings. The SMILES string of the molecule is CCCCOCCOCCN(CCOCCOCCO)CCOCCOCCCC. The van der Waals surface area contributed by atoms with E-state index in [0.717, 1.165) is 58.5 Å². The maximum Gasteiger partial charge on any atom is 0.0701 e. The fourth-order valence-corrected chi connectivity index (χ4v) is 2.44. The fraction of sp³-hybridized carbons (Fsp3) is 1.00. The number of aliphatic hydroxyl groups is 1. The second-order valence-corrected chi connectivity index (χ2v) is 6.95. The van der Waals surface area contributed by atoms with Crippen LogP contribution >= 0.6 is 0 Å². The van der Waals surface area contributed by atoms with Gasteiger partial charge in [-0.25, -0.2) is 0 Å². The van der Waals surface area contributed by atoms with Gasteiger partial charge < -0.3 is 33.5 Å². The third-order valence-electron chi connectivity index (χ3n) is 4.29. The van der Waals surface area contributed by atoms with Gasteiger partial charge in [0.15, 0.2) is 0 Å². The van der Waals surface area contributed by atoms with Gasteiger partial charge in [-0.15, -0.1) is 0 Å². The first-order chi connectivity index (χ1) is 14.8. The van der Waals surface area contributed by atoms with E-state index in [1.807, 2.05) is 0 Å². The van der Waals surface area contributed by atoms with E-state index in [9.17, 15) is 0 Å². The summed E-state index contributed by atoms with van der Waals surface area (Å²) in [5, 5.41) is 8.68. The van der Waals surface area contributed by atoms with E-state index in [1.165, 1.54) is 0 Å². The van der Waals surface area contributed by atoms with Crippen LogP contribution in [0.15, 0.2) is 0 Å². The van der Waals surface area contributed by atoms with Gasteiger partial charge in [0.2, 0.25) is 0 Å². The number of hydrogen-bond donors (Lipinski definition) is 1. The van der Waals surface area contributed by atoms with Crippen LogP contribution in [0.5, 0.6) is 0 Å². The Bertz CT molecular complexity index is 291. The van der Waals surface area contributed by atoms with Crippen molar-refractivity contribution in [3.8, 4) is 0 Å². The highest BCUT2D eigenvalue weighted by Gasteiger charge is 2.05. The Morgan fingerprint density at radius 1 is 0.467 bits per heavy atom. The molecule has 0 aromatic heterocycles. The maximum absolute atomic E-state index is 8.68. The highest BCUT2D eigenvalue weighted by molar-refractivity contribution is 4.57. The Kier molecular flexibility index (Phi) is 26.4. The first-order valence-electron chi connectivity index (χ1n) is 11.6. The third kappa shape index (κ3) is 24.0. The van der Waals surface area contributed by atoms with Gasteiger partial charge in [0.05, 0.1) is 72.7 Å². The van der Waals surface area contributed by atoms with Crippen molar-refractivity contribution in [1.29, 1.82) is 0 Å². The van der Waals surface area contributed by atoms with Gasteiger partial charge in [0.25, 0.3) is 0 Å². The molecule has 8 nitrogen and oxygen atoms in total. The summed E-state index contributed by atoms with van der Waals surface area (Å²) in [5.41, 5.74) is 0. The van der Waals surface area contributed by atoms with Gasteiger partial charge in [-0.2, -0.15) is 0 Å². The molecule has 0 spiro atoms. The highest BCUT2D eigenvalue weighted by atomic mass is 16.5. The number of nitrogens with zero attached hydrogens (tertiary/aromatic N) is 1. The minimum absolute atomic E-state index is 0.0427. The molecule has 0 heterocycles. The lowest BCUT2D eigenvalue weighted by Crippen LogP contribution is -2.34. The van der Waals surface area contributed by atoms with Crippen LogP contribution in [-0.4, -0.2) is 116 Å². The van der Waals surface area contributed by atoms with E-state index in [2.05, 4.69) is 18.7 Å². The molecule has 0 bridgehead atoms. The molecule has 30 heavy (non-hydrogen) atoms. The molecular formula is C22H47NO7. The zero-order valence-corrected chi connectivity index (χ0v) is 19.5. The first-order valence-corrected chi connectivity index (χ1v) is 11.6.